The molecular weight excluding hydrogens is 268 g/mol. The Hall–Kier alpha value is -2.63. The number of benzene rings is 1. The molecule has 2 heterocycles. The largest absolute Gasteiger partial charge is 0.399 e. The maximum absolute atomic E-state index is 12.2. The van der Waals surface area contributed by atoms with Gasteiger partial charge in [-0.05, 0) is 31.0 Å². The highest BCUT2D eigenvalue weighted by molar-refractivity contribution is 6.21. The third kappa shape index (κ3) is 2.52. The molecule has 0 unspecified atom stereocenters. The summed E-state index contributed by atoms with van der Waals surface area (Å²) >= 11 is 0. The predicted octanol–water partition coefficient (Wildman–Crippen LogP) is 1.54. The van der Waals surface area contributed by atoms with Crippen LogP contribution in [-0.2, 0) is 6.54 Å². The van der Waals surface area contributed by atoms with Crippen molar-refractivity contribution in [3.8, 4) is 0 Å². The molecule has 108 valence electrons. The number of carbonyl (C=O) groups excluding carboxylic acids is 2. The van der Waals surface area contributed by atoms with Gasteiger partial charge in [0.15, 0.2) is 0 Å². The number of rotatable bonds is 5. The van der Waals surface area contributed by atoms with Gasteiger partial charge >= 0.3 is 0 Å². The van der Waals surface area contributed by atoms with Crippen LogP contribution in [0.25, 0.3) is 0 Å². The third-order valence-electron chi connectivity index (χ3n) is 3.60. The smallest absolute Gasteiger partial charge is 0.261 e. The molecular formula is C15H16N4O2. The number of hydrogen-bond donors (Lipinski definition) is 1. The maximum atomic E-state index is 12.2. The second kappa shape index (κ2) is 5.40. The first-order valence-electron chi connectivity index (χ1n) is 6.88. The number of carbonyl (C=O) groups is 2. The van der Waals surface area contributed by atoms with Gasteiger partial charge in [0.25, 0.3) is 11.8 Å². The topological polar surface area (TPSA) is 81.2 Å². The van der Waals surface area contributed by atoms with Gasteiger partial charge in [0.05, 0.1) is 17.5 Å². The van der Waals surface area contributed by atoms with Crippen LogP contribution in [0.5, 0.6) is 0 Å². The maximum Gasteiger partial charge on any atom is 0.261 e. The zero-order chi connectivity index (χ0) is 14.8. The van der Waals surface area contributed by atoms with Crippen molar-refractivity contribution < 1.29 is 9.59 Å². The Balaban J connectivity index is 1.60. The van der Waals surface area contributed by atoms with Crippen LogP contribution in [0.1, 0.15) is 33.6 Å². The highest BCUT2D eigenvalue weighted by Gasteiger charge is 2.34. The minimum Gasteiger partial charge on any atom is -0.399 e. The molecule has 1 aromatic heterocycles. The molecule has 1 aromatic carbocycles. The van der Waals surface area contributed by atoms with E-state index >= 15 is 0 Å². The molecule has 1 aliphatic rings. The first-order chi connectivity index (χ1) is 10.2. The Kier molecular flexibility index (Phi) is 3.43. The van der Waals surface area contributed by atoms with E-state index in [0.29, 0.717) is 23.4 Å². The fraction of sp³-hybridized carbons (Fsp3) is 0.267. The molecule has 0 spiro atoms. The number of aromatic nitrogens is 2. The van der Waals surface area contributed by atoms with Crippen LogP contribution in [0.3, 0.4) is 0 Å². The SMILES string of the molecule is Nc1ccc2c(c1)C(=O)N(CCCCn1ccnc1)C2=O. The molecule has 0 aliphatic carbocycles. The van der Waals surface area contributed by atoms with Crippen molar-refractivity contribution in [3.05, 3.63) is 48.0 Å². The van der Waals surface area contributed by atoms with Crippen molar-refractivity contribution >= 4 is 17.5 Å². The molecule has 0 atom stereocenters. The first kappa shape index (κ1) is 13.4. The Morgan fingerprint density at radius 1 is 1.05 bits per heavy atom. The molecule has 0 saturated carbocycles. The Labute approximate surface area is 122 Å². The molecule has 1 aliphatic heterocycles. The summed E-state index contributed by atoms with van der Waals surface area (Å²) in [6.45, 7) is 1.26. The van der Waals surface area contributed by atoms with Crippen molar-refractivity contribution in [1.82, 2.24) is 14.5 Å². The van der Waals surface area contributed by atoms with Crippen LogP contribution >= 0.6 is 0 Å². The fourth-order valence-corrected chi connectivity index (χ4v) is 2.49. The zero-order valence-electron chi connectivity index (χ0n) is 11.5. The molecule has 3 rings (SSSR count). The van der Waals surface area contributed by atoms with Gasteiger partial charge in [-0.1, -0.05) is 0 Å². The van der Waals surface area contributed by atoms with Crippen LogP contribution < -0.4 is 5.73 Å². The minimum atomic E-state index is -0.245. The lowest BCUT2D eigenvalue weighted by Gasteiger charge is -2.13. The molecule has 6 heteroatoms. The van der Waals surface area contributed by atoms with Crippen LogP contribution in [0, 0.1) is 0 Å². The van der Waals surface area contributed by atoms with Crippen molar-refractivity contribution in [2.24, 2.45) is 0 Å². The molecule has 0 radical (unpaired) electrons. The molecule has 2 N–H and O–H groups in total. The Morgan fingerprint density at radius 2 is 1.81 bits per heavy atom. The predicted molar refractivity (Wildman–Crippen MR) is 77.7 cm³/mol. The number of imidazole rings is 1. The number of fused-ring (bicyclic) bond motifs is 1. The van der Waals surface area contributed by atoms with E-state index < -0.39 is 0 Å². The third-order valence-corrected chi connectivity index (χ3v) is 3.60. The molecule has 0 saturated heterocycles. The van der Waals surface area contributed by atoms with Gasteiger partial charge in [-0.2, -0.15) is 0 Å². The summed E-state index contributed by atoms with van der Waals surface area (Å²) in [4.78, 5) is 29.7. The van der Waals surface area contributed by atoms with E-state index in [-0.39, 0.29) is 11.8 Å². The lowest BCUT2D eigenvalue weighted by molar-refractivity contribution is 0.0651. The van der Waals surface area contributed by atoms with E-state index in [4.69, 9.17) is 5.73 Å². The van der Waals surface area contributed by atoms with Gasteiger partial charge in [0.2, 0.25) is 0 Å². The first-order valence-corrected chi connectivity index (χ1v) is 6.88. The monoisotopic (exact) mass is 284 g/mol. The molecule has 0 fully saturated rings. The molecule has 21 heavy (non-hydrogen) atoms. The number of unbranched alkanes of at least 4 members (excludes halogenated alkanes) is 1. The van der Waals surface area contributed by atoms with Gasteiger partial charge in [-0.25, -0.2) is 4.98 Å². The van der Waals surface area contributed by atoms with Crippen LogP contribution in [0.4, 0.5) is 5.69 Å². The summed E-state index contributed by atoms with van der Waals surface area (Å²) < 4.78 is 1.98. The minimum absolute atomic E-state index is 0.224. The van der Waals surface area contributed by atoms with E-state index in [1.165, 1.54) is 4.90 Å². The van der Waals surface area contributed by atoms with E-state index in [1.54, 1.807) is 30.7 Å². The van der Waals surface area contributed by atoms with Crippen molar-refractivity contribution in [3.63, 3.8) is 0 Å². The average molecular weight is 284 g/mol. The molecule has 2 amide bonds. The van der Waals surface area contributed by atoms with E-state index in [2.05, 4.69) is 4.98 Å². The van der Waals surface area contributed by atoms with Crippen molar-refractivity contribution in [1.29, 1.82) is 0 Å². The Morgan fingerprint density at radius 3 is 2.57 bits per heavy atom. The number of amides is 2. The summed E-state index contributed by atoms with van der Waals surface area (Å²) in [5.74, 6) is -0.470. The second-order valence-electron chi connectivity index (χ2n) is 5.07. The fourth-order valence-electron chi connectivity index (χ4n) is 2.49. The summed E-state index contributed by atoms with van der Waals surface area (Å²) in [6.07, 6.45) is 7.02. The van der Waals surface area contributed by atoms with E-state index in [9.17, 15) is 9.59 Å². The number of nitrogens with two attached hydrogens (primary N) is 1. The standard InChI is InChI=1S/C15H16N4O2/c16-11-3-4-12-13(9-11)15(21)19(14(12)20)7-2-1-6-18-8-5-17-10-18/h3-5,8-10H,1-2,6-7,16H2. The summed E-state index contributed by atoms with van der Waals surface area (Å²) in [5, 5.41) is 0. The number of aryl methyl sites for hydroxylation is 1. The number of imide groups is 1. The number of nitrogen functional groups attached to an aromatic ring is 1. The normalized spacial score (nSPS) is 13.8. The average Bonchev–Trinajstić information content (AvgIpc) is 3.06. The van der Waals surface area contributed by atoms with Crippen LogP contribution in [-0.4, -0.2) is 32.8 Å². The van der Waals surface area contributed by atoms with Crippen LogP contribution in [0.2, 0.25) is 0 Å². The van der Waals surface area contributed by atoms with E-state index in [1.807, 2.05) is 10.8 Å². The lowest BCUT2D eigenvalue weighted by Crippen LogP contribution is -2.30. The van der Waals surface area contributed by atoms with Gasteiger partial charge in [0.1, 0.15) is 0 Å². The summed E-state index contributed by atoms with van der Waals surface area (Å²) in [5.41, 5.74) is 7.03. The second-order valence-corrected chi connectivity index (χ2v) is 5.07. The molecule has 0 bridgehead atoms. The number of hydrogen-bond acceptors (Lipinski definition) is 4. The van der Waals surface area contributed by atoms with Gasteiger partial charge in [0, 0.05) is 31.2 Å². The zero-order valence-corrected chi connectivity index (χ0v) is 11.5. The van der Waals surface area contributed by atoms with Crippen molar-refractivity contribution in [2.45, 2.75) is 19.4 Å². The lowest BCUT2D eigenvalue weighted by atomic mass is 10.1. The van der Waals surface area contributed by atoms with Gasteiger partial charge < -0.3 is 10.3 Å². The summed E-state index contributed by atoms with van der Waals surface area (Å²) in [6, 6.07) is 4.84. The highest BCUT2D eigenvalue weighted by atomic mass is 16.2. The van der Waals surface area contributed by atoms with Gasteiger partial charge in [-0.3, -0.25) is 14.5 Å². The quantitative estimate of drug-likeness (QED) is 0.513. The number of nitrogens with zero attached hydrogens (tertiary/aromatic N) is 3. The van der Waals surface area contributed by atoms with Gasteiger partial charge in [-0.15, -0.1) is 0 Å². The Bertz CT molecular complexity index is 679. The molecule has 2 aromatic rings. The van der Waals surface area contributed by atoms with Crippen molar-refractivity contribution in [2.75, 3.05) is 12.3 Å². The molecule has 6 nitrogen and oxygen atoms in total. The van der Waals surface area contributed by atoms with Crippen LogP contribution in [0.15, 0.2) is 36.9 Å². The summed E-state index contributed by atoms with van der Waals surface area (Å²) in [7, 11) is 0. The number of anilines is 1. The van der Waals surface area contributed by atoms with E-state index in [0.717, 1.165) is 19.4 Å². The highest BCUT2D eigenvalue weighted by Crippen LogP contribution is 2.25.